The molecule has 12 nitrogen and oxygen atoms in total. The lowest BCUT2D eigenvalue weighted by molar-refractivity contribution is -0.00422. The zero-order chi connectivity index (χ0) is 36.7. The van der Waals surface area contributed by atoms with E-state index in [0.29, 0.717) is 28.7 Å². The van der Waals surface area contributed by atoms with Gasteiger partial charge in [-0.15, -0.1) is 5.10 Å². The summed E-state index contributed by atoms with van der Waals surface area (Å²) in [6.45, 7) is 3.96. The molecule has 8 rings (SSSR count). The average molecular weight is 750 g/mol. The maximum atomic E-state index is 12.8. The number of unbranched alkanes of at least 4 members (excludes halogenated alkanes) is 3. The summed E-state index contributed by atoms with van der Waals surface area (Å²) >= 11 is 1.53. The van der Waals surface area contributed by atoms with Crippen LogP contribution in [0, 0.1) is 0 Å². The molecule has 1 aliphatic heterocycles. The van der Waals surface area contributed by atoms with Gasteiger partial charge in [0.05, 0.1) is 23.6 Å². The highest BCUT2D eigenvalue weighted by atomic mass is 32.1. The van der Waals surface area contributed by atoms with Crippen molar-refractivity contribution in [3.63, 3.8) is 0 Å². The lowest BCUT2D eigenvalue weighted by Crippen LogP contribution is -2.46. The molecule has 54 heavy (non-hydrogen) atoms. The van der Waals surface area contributed by atoms with Crippen LogP contribution in [0.5, 0.6) is 5.75 Å². The fraction of sp³-hybridized carbons (Fsp3) is 0.439. The summed E-state index contributed by atoms with van der Waals surface area (Å²) in [5.74, 6) is 0.376. The molecule has 1 saturated carbocycles. The second-order valence-electron chi connectivity index (χ2n) is 14.3. The predicted molar refractivity (Wildman–Crippen MR) is 208 cm³/mol. The molecule has 2 fully saturated rings. The number of methoxy groups -OCH3 is 1. The lowest BCUT2D eigenvalue weighted by Gasteiger charge is -2.40. The van der Waals surface area contributed by atoms with Gasteiger partial charge in [-0.25, -0.2) is 14.3 Å². The summed E-state index contributed by atoms with van der Waals surface area (Å²) in [4.78, 5) is 27.6. The number of ether oxygens (including phenoxy) is 3. The number of hydrogen-bond donors (Lipinski definition) is 0. The van der Waals surface area contributed by atoms with Crippen LogP contribution in [0.2, 0.25) is 0 Å². The van der Waals surface area contributed by atoms with E-state index in [0.717, 1.165) is 89.4 Å². The number of para-hydroxylation sites is 1. The number of benzene rings is 3. The van der Waals surface area contributed by atoms with Crippen molar-refractivity contribution in [1.29, 1.82) is 0 Å². The molecule has 0 bridgehead atoms. The molecular weight excluding hydrogens is 703 g/mol. The fourth-order valence-corrected chi connectivity index (χ4v) is 8.42. The van der Waals surface area contributed by atoms with E-state index in [1.54, 1.807) is 29.8 Å². The molecular formula is C41H47N7O5S. The van der Waals surface area contributed by atoms with Crippen LogP contribution in [-0.2, 0) is 9.47 Å². The SMILES string of the molecule is COCCCCCCOC1CCC(N2CCC(Oc3ccc(-c4nn5cc(-c6ccc(C(=O)On7nnc8ccccc87)cc6)nc5s4)cc3)CC2)CC1. The Kier molecular flexibility index (Phi) is 11.6. The highest BCUT2D eigenvalue weighted by molar-refractivity contribution is 7.19. The van der Waals surface area contributed by atoms with Gasteiger partial charge < -0.3 is 23.9 Å². The van der Waals surface area contributed by atoms with Crippen molar-refractivity contribution in [2.45, 2.75) is 82.5 Å². The molecule has 13 heteroatoms. The van der Waals surface area contributed by atoms with E-state index >= 15 is 0 Å². The van der Waals surface area contributed by atoms with Gasteiger partial charge in [0.25, 0.3) is 0 Å². The monoisotopic (exact) mass is 749 g/mol. The molecule has 0 unspecified atom stereocenters. The smallest absolute Gasteiger partial charge is 0.365 e. The third-order valence-corrected chi connectivity index (χ3v) is 11.6. The van der Waals surface area contributed by atoms with Crippen LogP contribution >= 0.6 is 11.3 Å². The molecule has 2 aliphatic rings. The van der Waals surface area contributed by atoms with E-state index in [1.807, 2.05) is 36.5 Å². The third-order valence-electron chi connectivity index (χ3n) is 10.6. The number of imidazole rings is 1. The standard InChI is InChI=1S/C41H47N7O5S/c1-50-26-6-2-3-7-27-51-33-20-16-32(17-21-33)46-24-22-35(23-25-46)52-34-18-14-30(15-19-34)39-44-47-28-37(42-41(47)54-39)29-10-12-31(13-11-29)40(49)53-48-38-9-5-4-8-36(38)43-45-48/h4-5,8-15,18-19,28,32-33,35H,2-3,6-7,16-17,20-27H2,1H3. The molecule has 282 valence electrons. The Balaban J connectivity index is 0.779. The number of carbonyl (C=O) groups excluding carboxylic acids is 1. The maximum Gasteiger partial charge on any atom is 0.365 e. The normalized spacial score (nSPS) is 18.4. The van der Waals surface area contributed by atoms with Gasteiger partial charge in [0.2, 0.25) is 4.96 Å². The topological polar surface area (TPSA) is 118 Å². The largest absolute Gasteiger partial charge is 0.490 e. The van der Waals surface area contributed by atoms with Gasteiger partial charge in [0.1, 0.15) is 27.9 Å². The number of carbonyl (C=O) groups is 1. The Hall–Kier alpha value is -4.69. The van der Waals surface area contributed by atoms with Gasteiger partial charge in [-0.05, 0) is 105 Å². The summed E-state index contributed by atoms with van der Waals surface area (Å²) < 4.78 is 19.6. The molecule has 0 radical (unpaired) electrons. The molecule has 3 aromatic carbocycles. The molecule has 1 aliphatic carbocycles. The van der Waals surface area contributed by atoms with Crippen molar-refractivity contribution in [2.24, 2.45) is 0 Å². The van der Waals surface area contributed by atoms with Crippen molar-refractivity contribution >= 4 is 33.3 Å². The first-order valence-corrected chi connectivity index (χ1v) is 20.0. The minimum absolute atomic E-state index is 0.242. The van der Waals surface area contributed by atoms with Crippen molar-refractivity contribution in [1.82, 2.24) is 34.7 Å². The van der Waals surface area contributed by atoms with Gasteiger partial charge in [-0.2, -0.15) is 5.10 Å². The minimum Gasteiger partial charge on any atom is -0.490 e. The summed E-state index contributed by atoms with van der Waals surface area (Å²) in [6, 6.07) is 23.4. The third kappa shape index (κ3) is 8.65. The van der Waals surface area contributed by atoms with Gasteiger partial charge in [0, 0.05) is 50.6 Å². The molecule has 1 saturated heterocycles. The lowest BCUT2D eigenvalue weighted by atomic mass is 9.90. The molecule has 0 atom stereocenters. The Morgan fingerprint density at radius 3 is 2.31 bits per heavy atom. The fourth-order valence-electron chi connectivity index (χ4n) is 7.54. The first-order chi connectivity index (χ1) is 26.6. The number of piperidine rings is 1. The number of nitrogens with zero attached hydrogens (tertiary/aromatic N) is 7. The molecule has 0 spiro atoms. The van der Waals surface area contributed by atoms with Crippen molar-refractivity contribution in [3.8, 4) is 27.6 Å². The van der Waals surface area contributed by atoms with Crippen LogP contribution < -0.4 is 9.57 Å². The van der Waals surface area contributed by atoms with E-state index < -0.39 is 5.97 Å². The number of likely N-dealkylation sites (tertiary alicyclic amines) is 1. The average Bonchev–Trinajstić information content (AvgIpc) is 3.93. The molecule has 6 aromatic rings. The molecule has 3 aromatic heterocycles. The molecule has 0 amide bonds. The number of hydrogen-bond acceptors (Lipinski definition) is 11. The van der Waals surface area contributed by atoms with Crippen LogP contribution in [0.3, 0.4) is 0 Å². The summed E-state index contributed by atoms with van der Waals surface area (Å²) in [7, 11) is 1.77. The second-order valence-corrected chi connectivity index (χ2v) is 15.2. The van der Waals surface area contributed by atoms with Crippen LogP contribution in [0.15, 0.2) is 79.0 Å². The number of fused-ring (bicyclic) bond motifs is 2. The molecule has 0 N–H and O–H groups in total. The molecule has 4 heterocycles. The van der Waals surface area contributed by atoms with Crippen LogP contribution in [0.25, 0.3) is 37.8 Å². The van der Waals surface area contributed by atoms with E-state index in [9.17, 15) is 4.79 Å². The van der Waals surface area contributed by atoms with Crippen molar-refractivity contribution < 1.29 is 23.8 Å². The first kappa shape index (κ1) is 36.3. The summed E-state index contributed by atoms with van der Waals surface area (Å²) in [6.07, 6.45) is 14.3. The van der Waals surface area contributed by atoms with E-state index in [2.05, 4.69) is 39.5 Å². The minimum atomic E-state index is -0.526. The van der Waals surface area contributed by atoms with Crippen LogP contribution in [-0.4, -0.2) is 92.3 Å². The van der Waals surface area contributed by atoms with Gasteiger partial charge >= 0.3 is 5.97 Å². The maximum absolute atomic E-state index is 12.8. The quantitative estimate of drug-likeness (QED) is 0.0771. The van der Waals surface area contributed by atoms with Gasteiger partial charge in [-0.1, -0.05) is 53.3 Å². The second kappa shape index (κ2) is 17.2. The summed E-state index contributed by atoms with van der Waals surface area (Å²) in [5.41, 5.74) is 4.34. The van der Waals surface area contributed by atoms with E-state index in [4.69, 9.17) is 29.1 Å². The highest BCUT2D eigenvalue weighted by Gasteiger charge is 2.30. The zero-order valence-corrected chi connectivity index (χ0v) is 31.5. The van der Waals surface area contributed by atoms with Gasteiger partial charge in [-0.3, -0.25) is 0 Å². The Morgan fingerprint density at radius 2 is 1.56 bits per heavy atom. The van der Waals surface area contributed by atoms with Crippen molar-refractivity contribution in [2.75, 3.05) is 33.4 Å². The van der Waals surface area contributed by atoms with Crippen LogP contribution in [0.4, 0.5) is 0 Å². The summed E-state index contributed by atoms with van der Waals surface area (Å²) in [5, 5.41) is 13.6. The van der Waals surface area contributed by atoms with E-state index in [-0.39, 0.29) is 6.10 Å². The zero-order valence-electron chi connectivity index (χ0n) is 30.7. The highest BCUT2D eigenvalue weighted by Crippen LogP contribution is 2.32. The van der Waals surface area contributed by atoms with Crippen molar-refractivity contribution in [3.05, 3.63) is 84.6 Å². The number of rotatable bonds is 15. The first-order valence-electron chi connectivity index (χ1n) is 19.2. The Labute approximate surface area is 318 Å². The predicted octanol–water partition coefficient (Wildman–Crippen LogP) is 7.52. The van der Waals surface area contributed by atoms with Crippen LogP contribution in [0.1, 0.15) is 74.6 Å². The Morgan fingerprint density at radius 1 is 0.815 bits per heavy atom. The van der Waals surface area contributed by atoms with E-state index in [1.165, 1.54) is 49.9 Å². The van der Waals surface area contributed by atoms with Gasteiger partial charge in [0.15, 0.2) is 0 Å². The Bertz CT molecular complexity index is 2080. The number of aromatic nitrogens is 6.